The molecule has 1 aliphatic rings. The second kappa shape index (κ2) is 5.56. The second-order valence-corrected chi connectivity index (χ2v) is 5.66. The lowest BCUT2D eigenvalue weighted by Gasteiger charge is -2.23. The fourth-order valence-electron chi connectivity index (χ4n) is 3.04. The number of anilines is 1. The van der Waals surface area contributed by atoms with Gasteiger partial charge >= 0.3 is 0 Å². The van der Waals surface area contributed by atoms with Crippen LogP contribution in [0, 0.1) is 11.6 Å². The second-order valence-electron chi connectivity index (χ2n) is 5.66. The molecule has 2 aromatic carbocycles. The molecule has 0 spiro atoms. The first-order chi connectivity index (χ1) is 11.6. The monoisotopic (exact) mass is 325 g/mol. The van der Waals surface area contributed by atoms with Crippen LogP contribution in [0.4, 0.5) is 14.6 Å². The number of halogens is 2. The van der Waals surface area contributed by atoms with Crippen LogP contribution in [-0.2, 0) is 4.79 Å². The van der Waals surface area contributed by atoms with Crippen molar-refractivity contribution in [1.29, 1.82) is 0 Å². The summed E-state index contributed by atoms with van der Waals surface area (Å²) in [5.74, 6) is -0.939. The van der Waals surface area contributed by atoms with Gasteiger partial charge in [0.05, 0.1) is 11.4 Å². The van der Waals surface area contributed by atoms with Gasteiger partial charge in [-0.05, 0) is 29.8 Å². The van der Waals surface area contributed by atoms with E-state index in [0.29, 0.717) is 22.8 Å². The van der Waals surface area contributed by atoms with Crippen molar-refractivity contribution in [2.24, 2.45) is 0 Å². The molecule has 0 bridgehead atoms. The number of carbonyl (C=O) groups is 1. The lowest BCUT2D eigenvalue weighted by atomic mass is 9.90. The molecular weight excluding hydrogens is 312 g/mol. The summed E-state index contributed by atoms with van der Waals surface area (Å²) in [5, 5.41) is 2.75. The number of amides is 1. The quantitative estimate of drug-likeness (QED) is 0.782. The minimum absolute atomic E-state index is 0.171. The number of nitrogens with zero attached hydrogens (tertiary/aromatic N) is 2. The van der Waals surface area contributed by atoms with Gasteiger partial charge in [0.2, 0.25) is 5.91 Å². The van der Waals surface area contributed by atoms with E-state index >= 15 is 0 Å². The van der Waals surface area contributed by atoms with Crippen molar-refractivity contribution in [1.82, 2.24) is 9.55 Å². The Hall–Kier alpha value is -3.02. The van der Waals surface area contributed by atoms with Gasteiger partial charge in [0.25, 0.3) is 0 Å². The number of hydrogen-bond donors (Lipinski definition) is 1. The fourth-order valence-corrected chi connectivity index (χ4v) is 3.04. The van der Waals surface area contributed by atoms with Crippen molar-refractivity contribution < 1.29 is 13.6 Å². The van der Waals surface area contributed by atoms with Gasteiger partial charge in [-0.3, -0.25) is 9.36 Å². The smallest absolute Gasteiger partial charge is 0.226 e. The Morgan fingerprint density at radius 1 is 1.12 bits per heavy atom. The van der Waals surface area contributed by atoms with Crippen LogP contribution in [0.15, 0.2) is 54.9 Å². The molecule has 0 saturated heterocycles. The van der Waals surface area contributed by atoms with E-state index in [9.17, 15) is 13.6 Å². The van der Waals surface area contributed by atoms with Crippen molar-refractivity contribution in [3.63, 3.8) is 0 Å². The average molecular weight is 325 g/mol. The Labute approximate surface area is 136 Å². The SMILES string of the molecule is O=C1C[C@@H](c2cccc(F)c2)c2ncn(-c3ccccc3F)c2N1. The molecule has 0 fully saturated rings. The van der Waals surface area contributed by atoms with E-state index in [4.69, 9.17) is 0 Å². The van der Waals surface area contributed by atoms with Crippen molar-refractivity contribution in [3.8, 4) is 5.69 Å². The summed E-state index contributed by atoms with van der Waals surface area (Å²) in [7, 11) is 0. The topological polar surface area (TPSA) is 46.9 Å². The van der Waals surface area contributed by atoms with Crippen LogP contribution in [-0.4, -0.2) is 15.5 Å². The van der Waals surface area contributed by atoms with E-state index in [2.05, 4.69) is 10.3 Å². The first kappa shape index (κ1) is 14.6. The molecule has 24 heavy (non-hydrogen) atoms. The molecule has 1 aliphatic heterocycles. The number of carbonyl (C=O) groups excluding carboxylic acids is 1. The summed E-state index contributed by atoms with van der Waals surface area (Å²) in [6, 6.07) is 12.4. The van der Waals surface area contributed by atoms with E-state index in [1.165, 1.54) is 29.1 Å². The predicted octanol–water partition coefficient (Wildman–Crippen LogP) is 3.62. The van der Waals surface area contributed by atoms with Gasteiger partial charge in [-0.1, -0.05) is 24.3 Å². The highest BCUT2D eigenvalue weighted by atomic mass is 19.1. The maximum absolute atomic E-state index is 14.1. The summed E-state index contributed by atoms with van der Waals surface area (Å²) in [6.45, 7) is 0. The number of nitrogens with one attached hydrogen (secondary N) is 1. The van der Waals surface area contributed by atoms with Gasteiger partial charge in [-0.25, -0.2) is 13.8 Å². The molecule has 1 aromatic heterocycles. The molecule has 1 atom stereocenters. The summed E-state index contributed by atoms with van der Waals surface area (Å²) in [5.41, 5.74) is 1.57. The summed E-state index contributed by atoms with van der Waals surface area (Å²) < 4.78 is 29.1. The lowest BCUT2D eigenvalue weighted by molar-refractivity contribution is -0.116. The lowest BCUT2D eigenvalue weighted by Crippen LogP contribution is -2.25. The third-order valence-corrected chi connectivity index (χ3v) is 4.14. The van der Waals surface area contributed by atoms with Gasteiger partial charge < -0.3 is 5.32 Å². The maximum atomic E-state index is 14.1. The zero-order valence-electron chi connectivity index (χ0n) is 12.5. The minimum Gasteiger partial charge on any atom is -0.310 e. The Morgan fingerprint density at radius 3 is 2.75 bits per heavy atom. The van der Waals surface area contributed by atoms with Gasteiger partial charge in [0.1, 0.15) is 23.8 Å². The molecule has 0 saturated carbocycles. The standard InChI is InChI=1S/C18H13F2N3O/c19-12-5-3-4-11(8-12)13-9-16(24)22-18-17(13)21-10-23(18)15-7-2-1-6-14(15)20/h1-8,10,13H,9H2,(H,22,24)/t13-/m0/s1. The number of rotatable bonds is 2. The Bertz CT molecular complexity index is 936. The fraction of sp³-hybridized carbons (Fsp3) is 0.111. The van der Waals surface area contributed by atoms with Gasteiger partial charge in [-0.15, -0.1) is 0 Å². The highest BCUT2D eigenvalue weighted by molar-refractivity contribution is 5.94. The maximum Gasteiger partial charge on any atom is 0.226 e. The number of hydrogen-bond acceptors (Lipinski definition) is 2. The molecule has 4 nitrogen and oxygen atoms in total. The molecule has 6 heteroatoms. The highest BCUT2D eigenvalue weighted by Crippen LogP contribution is 2.37. The minimum atomic E-state index is -0.417. The number of benzene rings is 2. The molecule has 3 aromatic rings. The highest BCUT2D eigenvalue weighted by Gasteiger charge is 2.31. The zero-order chi connectivity index (χ0) is 16.7. The van der Waals surface area contributed by atoms with Gasteiger partial charge in [0.15, 0.2) is 0 Å². The van der Waals surface area contributed by atoms with E-state index in [1.807, 2.05) is 0 Å². The number of para-hydroxylation sites is 1. The molecule has 120 valence electrons. The van der Waals surface area contributed by atoms with Crippen LogP contribution in [0.5, 0.6) is 0 Å². The molecule has 0 radical (unpaired) electrons. The van der Waals surface area contributed by atoms with E-state index in [1.54, 1.807) is 30.3 Å². The Balaban J connectivity index is 1.85. The molecule has 1 N–H and O–H groups in total. The van der Waals surface area contributed by atoms with Gasteiger partial charge in [-0.2, -0.15) is 0 Å². The van der Waals surface area contributed by atoms with E-state index < -0.39 is 5.82 Å². The van der Waals surface area contributed by atoms with Crippen LogP contribution in [0.25, 0.3) is 5.69 Å². The molecule has 2 heterocycles. The third kappa shape index (κ3) is 2.36. The van der Waals surface area contributed by atoms with Crippen molar-refractivity contribution >= 4 is 11.7 Å². The van der Waals surface area contributed by atoms with Crippen molar-refractivity contribution in [2.75, 3.05) is 5.32 Å². The van der Waals surface area contributed by atoms with Crippen molar-refractivity contribution in [2.45, 2.75) is 12.3 Å². The Morgan fingerprint density at radius 2 is 1.96 bits per heavy atom. The summed E-state index contributed by atoms with van der Waals surface area (Å²) >= 11 is 0. The average Bonchev–Trinajstić information content (AvgIpc) is 2.98. The van der Waals surface area contributed by atoms with E-state index in [-0.39, 0.29) is 24.1 Å². The summed E-state index contributed by atoms with van der Waals surface area (Å²) in [4.78, 5) is 16.5. The predicted molar refractivity (Wildman–Crippen MR) is 85.0 cm³/mol. The third-order valence-electron chi connectivity index (χ3n) is 4.14. The molecule has 0 unspecified atom stereocenters. The first-order valence-corrected chi connectivity index (χ1v) is 7.51. The summed E-state index contributed by atoms with van der Waals surface area (Å²) in [6.07, 6.45) is 1.64. The van der Waals surface area contributed by atoms with Gasteiger partial charge in [0, 0.05) is 12.3 Å². The van der Waals surface area contributed by atoms with Crippen LogP contribution in [0.1, 0.15) is 23.6 Å². The molecular formula is C18H13F2N3O. The first-order valence-electron chi connectivity index (χ1n) is 7.51. The largest absolute Gasteiger partial charge is 0.310 e. The van der Waals surface area contributed by atoms with Crippen LogP contribution in [0.2, 0.25) is 0 Å². The number of imidazole rings is 1. The Kier molecular flexibility index (Phi) is 3.37. The molecule has 0 aliphatic carbocycles. The molecule has 1 amide bonds. The normalized spacial score (nSPS) is 16.6. The molecule has 4 rings (SSSR count). The van der Waals surface area contributed by atoms with Crippen molar-refractivity contribution in [3.05, 3.63) is 77.8 Å². The zero-order valence-corrected chi connectivity index (χ0v) is 12.5. The number of fused-ring (bicyclic) bond motifs is 1. The van der Waals surface area contributed by atoms with E-state index in [0.717, 1.165) is 0 Å². The van der Waals surface area contributed by atoms with Crippen LogP contribution in [0.3, 0.4) is 0 Å². The van der Waals surface area contributed by atoms with Crippen LogP contribution >= 0.6 is 0 Å². The van der Waals surface area contributed by atoms with Crippen LogP contribution < -0.4 is 5.32 Å². The number of aromatic nitrogens is 2.